The van der Waals surface area contributed by atoms with Crippen molar-refractivity contribution in [3.63, 3.8) is 0 Å². The summed E-state index contributed by atoms with van der Waals surface area (Å²) in [6, 6.07) is 0.767. The van der Waals surface area contributed by atoms with Crippen LogP contribution in [0.15, 0.2) is 4.99 Å². The van der Waals surface area contributed by atoms with Gasteiger partial charge in [0.1, 0.15) is 0 Å². The van der Waals surface area contributed by atoms with E-state index < -0.39 is 0 Å². The Bertz CT molecular complexity index is 461. The van der Waals surface area contributed by atoms with Crippen LogP contribution in [0, 0.1) is 5.92 Å². The van der Waals surface area contributed by atoms with Gasteiger partial charge in [0, 0.05) is 25.2 Å². The van der Waals surface area contributed by atoms with Crippen LogP contribution < -0.4 is 11.1 Å². The second kappa shape index (κ2) is 12.6. The molecule has 1 atom stereocenters. The summed E-state index contributed by atoms with van der Waals surface area (Å²) in [6.45, 7) is 11.3. The Morgan fingerprint density at radius 2 is 1.85 bits per heavy atom. The van der Waals surface area contributed by atoms with E-state index in [1.807, 2.05) is 6.92 Å². The highest BCUT2D eigenvalue weighted by molar-refractivity contribution is 14.0. The lowest BCUT2D eigenvalue weighted by Crippen LogP contribution is -2.49. The SMILES string of the molecule is CCOC(=O)N1CCC(NC(N)=NCC(CC(C)C)N2CCCC2)CC1.I. The Labute approximate surface area is 181 Å². The molecule has 0 radical (unpaired) electrons. The van der Waals surface area contributed by atoms with E-state index in [9.17, 15) is 4.79 Å². The number of guanidine groups is 1. The summed E-state index contributed by atoms with van der Waals surface area (Å²) in [5.74, 6) is 1.20. The van der Waals surface area contributed by atoms with Gasteiger partial charge in [-0.1, -0.05) is 13.8 Å². The van der Waals surface area contributed by atoms with Crippen LogP contribution in [-0.4, -0.2) is 73.3 Å². The molecule has 0 aromatic heterocycles. The van der Waals surface area contributed by atoms with Crippen molar-refractivity contribution in [2.75, 3.05) is 39.3 Å². The number of hydrogen-bond acceptors (Lipinski definition) is 4. The zero-order valence-corrected chi connectivity index (χ0v) is 19.5. The molecule has 0 bridgehead atoms. The number of hydrogen-bond donors (Lipinski definition) is 2. The van der Waals surface area contributed by atoms with Crippen molar-refractivity contribution < 1.29 is 9.53 Å². The largest absolute Gasteiger partial charge is 0.450 e. The molecule has 2 fully saturated rings. The van der Waals surface area contributed by atoms with Gasteiger partial charge in [0.15, 0.2) is 5.96 Å². The Hall–Kier alpha value is -0.770. The number of nitrogens with one attached hydrogen (secondary N) is 1. The van der Waals surface area contributed by atoms with Crippen LogP contribution in [0.25, 0.3) is 0 Å². The lowest BCUT2D eigenvalue weighted by atomic mass is 10.0. The Kier molecular flexibility index (Phi) is 11.4. The number of carbonyl (C=O) groups excluding carboxylic acids is 1. The predicted molar refractivity (Wildman–Crippen MR) is 121 cm³/mol. The third-order valence-corrected chi connectivity index (χ3v) is 5.25. The first-order valence-electron chi connectivity index (χ1n) is 10.2. The molecule has 3 N–H and O–H groups in total. The average molecular weight is 495 g/mol. The molecule has 2 heterocycles. The van der Waals surface area contributed by atoms with Crippen LogP contribution in [0.2, 0.25) is 0 Å². The highest BCUT2D eigenvalue weighted by Crippen LogP contribution is 2.18. The number of rotatable bonds is 7. The summed E-state index contributed by atoms with van der Waals surface area (Å²) >= 11 is 0. The number of halogens is 1. The van der Waals surface area contributed by atoms with E-state index in [2.05, 4.69) is 29.1 Å². The maximum Gasteiger partial charge on any atom is 0.409 e. The third-order valence-electron chi connectivity index (χ3n) is 5.25. The van der Waals surface area contributed by atoms with Gasteiger partial charge >= 0.3 is 6.09 Å². The third kappa shape index (κ3) is 8.41. The van der Waals surface area contributed by atoms with Crippen LogP contribution >= 0.6 is 24.0 Å². The summed E-state index contributed by atoms with van der Waals surface area (Å²) < 4.78 is 5.06. The smallest absolute Gasteiger partial charge is 0.409 e. The van der Waals surface area contributed by atoms with E-state index in [0.29, 0.717) is 37.6 Å². The van der Waals surface area contributed by atoms with Crippen molar-refractivity contribution in [1.82, 2.24) is 15.1 Å². The highest BCUT2D eigenvalue weighted by Gasteiger charge is 2.25. The number of ether oxygens (including phenoxy) is 1. The zero-order valence-electron chi connectivity index (χ0n) is 17.2. The molecule has 2 aliphatic rings. The molecule has 0 aromatic rings. The maximum atomic E-state index is 11.7. The first-order chi connectivity index (χ1) is 12.5. The Morgan fingerprint density at radius 3 is 2.41 bits per heavy atom. The van der Waals surface area contributed by atoms with Gasteiger partial charge in [-0.2, -0.15) is 0 Å². The van der Waals surface area contributed by atoms with Gasteiger partial charge in [-0.25, -0.2) is 4.79 Å². The quantitative estimate of drug-likeness (QED) is 0.323. The van der Waals surface area contributed by atoms with Gasteiger partial charge in [-0.05, 0) is 58.0 Å². The highest BCUT2D eigenvalue weighted by atomic mass is 127. The van der Waals surface area contributed by atoms with E-state index in [4.69, 9.17) is 10.5 Å². The fraction of sp³-hybridized carbons (Fsp3) is 0.895. The van der Waals surface area contributed by atoms with Crippen molar-refractivity contribution in [1.29, 1.82) is 0 Å². The molecule has 158 valence electrons. The van der Waals surface area contributed by atoms with Gasteiger partial charge in [0.05, 0.1) is 13.2 Å². The minimum atomic E-state index is -0.213. The van der Waals surface area contributed by atoms with Crippen molar-refractivity contribution >= 4 is 36.0 Å². The number of nitrogens with two attached hydrogens (primary N) is 1. The van der Waals surface area contributed by atoms with Crippen molar-refractivity contribution in [2.24, 2.45) is 16.6 Å². The van der Waals surface area contributed by atoms with E-state index in [-0.39, 0.29) is 36.1 Å². The predicted octanol–water partition coefficient (Wildman–Crippen LogP) is 2.64. The lowest BCUT2D eigenvalue weighted by molar-refractivity contribution is 0.0963. The second-order valence-corrected chi connectivity index (χ2v) is 7.86. The monoisotopic (exact) mass is 495 g/mol. The van der Waals surface area contributed by atoms with Crippen LogP contribution in [0.1, 0.15) is 52.9 Å². The Balaban J connectivity index is 0.00000364. The van der Waals surface area contributed by atoms with Crippen molar-refractivity contribution in [3.8, 4) is 0 Å². The molecule has 27 heavy (non-hydrogen) atoms. The van der Waals surface area contributed by atoms with Gasteiger partial charge in [0.25, 0.3) is 0 Å². The minimum absolute atomic E-state index is 0. The molecule has 2 aliphatic heterocycles. The van der Waals surface area contributed by atoms with Crippen molar-refractivity contribution in [3.05, 3.63) is 0 Å². The van der Waals surface area contributed by atoms with Crippen LogP contribution in [0.5, 0.6) is 0 Å². The Morgan fingerprint density at radius 1 is 1.22 bits per heavy atom. The molecule has 0 saturated carbocycles. The molecule has 7 nitrogen and oxygen atoms in total. The molecule has 0 aliphatic carbocycles. The first kappa shape index (κ1) is 24.3. The van der Waals surface area contributed by atoms with E-state index in [1.165, 1.54) is 25.9 Å². The van der Waals surface area contributed by atoms with E-state index in [1.54, 1.807) is 4.90 Å². The number of nitrogens with zero attached hydrogens (tertiary/aromatic N) is 3. The molecular weight excluding hydrogens is 457 g/mol. The molecule has 2 rings (SSSR count). The summed E-state index contributed by atoms with van der Waals surface area (Å²) in [7, 11) is 0. The number of piperidine rings is 1. The number of aliphatic imine (C=N–C) groups is 1. The topological polar surface area (TPSA) is 83.2 Å². The van der Waals surface area contributed by atoms with Crippen LogP contribution in [0.3, 0.4) is 0 Å². The molecule has 8 heteroatoms. The number of amides is 1. The summed E-state index contributed by atoms with van der Waals surface area (Å²) in [5.41, 5.74) is 6.14. The molecular formula is C19H38IN5O2. The lowest BCUT2D eigenvalue weighted by Gasteiger charge is -2.32. The van der Waals surface area contributed by atoms with E-state index in [0.717, 1.165) is 25.8 Å². The molecule has 1 unspecified atom stereocenters. The summed E-state index contributed by atoms with van der Waals surface area (Å²) in [4.78, 5) is 20.7. The van der Waals surface area contributed by atoms with Gasteiger partial charge < -0.3 is 20.7 Å². The molecule has 0 aromatic carbocycles. The fourth-order valence-electron chi connectivity index (χ4n) is 3.87. The van der Waals surface area contributed by atoms with Crippen molar-refractivity contribution in [2.45, 2.75) is 65.0 Å². The normalized spacial score (nSPS) is 20.4. The molecule has 2 saturated heterocycles. The minimum Gasteiger partial charge on any atom is -0.450 e. The second-order valence-electron chi connectivity index (χ2n) is 7.86. The maximum absolute atomic E-state index is 11.7. The zero-order chi connectivity index (χ0) is 18.9. The first-order valence-corrected chi connectivity index (χ1v) is 10.2. The van der Waals surface area contributed by atoms with Crippen LogP contribution in [0.4, 0.5) is 4.79 Å². The standard InChI is InChI=1S/C19H37N5O2.HI/c1-4-26-19(25)24-11-7-16(8-12-24)22-18(20)21-14-17(13-15(2)3)23-9-5-6-10-23;/h15-17H,4-14H2,1-3H3,(H3,20,21,22);1H. The number of carbonyl (C=O) groups is 1. The molecule has 1 amide bonds. The summed E-state index contributed by atoms with van der Waals surface area (Å²) in [5, 5.41) is 3.34. The molecule has 0 spiro atoms. The average Bonchev–Trinajstić information content (AvgIpc) is 3.13. The summed E-state index contributed by atoms with van der Waals surface area (Å²) in [6.07, 6.45) is 5.28. The van der Waals surface area contributed by atoms with Gasteiger partial charge in [-0.15, -0.1) is 24.0 Å². The van der Waals surface area contributed by atoms with Gasteiger partial charge in [0.2, 0.25) is 0 Å². The fourth-order valence-corrected chi connectivity index (χ4v) is 3.87. The number of likely N-dealkylation sites (tertiary alicyclic amines) is 2. The van der Waals surface area contributed by atoms with Gasteiger partial charge in [-0.3, -0.25) is 9.89 Å². The van der Waals surface area contributed by atoms with Crippen LogP contribution in [-0.2, 0) is 4.74 Å². The van der Waals surface area contributed by atoms with E-state index >= 15 is 0 Å².